The van der Waals surface area contributed by atoms with E-state index in [2.05, 4.69) is 36.1 Å². The van der Waals surface area contributed by atoms with Crippen LogP contribution in [0.1, 0.15) is 37.5 Å². The maximum atomic E-state index is 13.6. The van der Waals surface area contributed by atoms with Crippen LogP contribution in [-0.4, -0.2) is 36.3 Å². The summed E-state index contributed by atoms with van der Waals surface area (Å²) in [5.74, 6) is -1.33. The molecule has 212 valence electrons. The average Bonchev–Trinajstić information content (AvgIpc) is 3.43. The van der Waals surface area contributed by atoms with Crippen molar-refractivity contribution in [3.8, 4) is 16.9 Å². The molecule has 0 aliphatic carbocycles. The monoisotopic (exact) mass is 572 g/mol. The van der Waals surface area contributed by atoms with Crippen LogP contribution in [0.15, 0.2) is 85.7 Å². The number of carbonyl (C=O) groups excluding carboxylic acids is 2. The second-order valence-corrected chi connectivity index (χ2v) is 9.26. The fourth-order valence-electron chi connectivity index (χ4n) is 3.99. The van der Waals surface area contributed by atoms with Crippen LogP contribution in [0.25, 0.3) is 16.9 Å². The van der Waals surface area contributed by atoms with Crippen molar-refractivity contribution in [1.29, 1.82) is 0 Å². The van der Waals surface area contributed by atoms with Crippen LogP contribution >= 0.6 is 0 Å². The summed E-state index contributed by atoms with van der Waals surface area (Å²) in [5.41, 5.74) is 6.75. The Hall–Kier alpha value is -5.59. The van der Waals surface area contributed by atoms with Gasteiger partial charge in [-0.1, -0.05) is 6.07 Å². The van der Waals surface area contributed by atoms with Crippen LogP contribution in [-0.2, 0) is 6.18 Å². The van der Waals surface area contributed by atoms with Gasteiger partial charge in [0.05, 0.1) is 23.3 Å². The smallest absolute Gasteiger partial charge is 0.324 e. The highest BCUT2D eigenvalue weighted by Crippen LogP contribution is 2.32. The second-order valence-electron chi connectivity index (χ2n) is 9.26. The molecule has 3 aromatic heterocycles. The lowest BCUT2D eigenvalue weighted by Gasteiger charge is -2.14. The predicted octanol–water partition coefficient (Wildman–Crippen LogP) is 5.18. The molecule has 3 heterocycles. The number of hydrogen-bond donors (Lipinski definition) is 3. The Morgan fingerprint density at radius 3 is 2.36 bits per heavy atom. The molecular weight excluding hydrogens is 549 g/mol. The molecule has 0 aliphatic rings. The Morgan fingerprint density at radius 2 is 1.67 bits per heavy atom. The summed E-state index contributed by atoms with van der Waals surface area (Å²) in [6.45, 7) is 3.51. The topological polar surface area (TPSA) is 127 Å². The van der Waals surface area contributed by atoms with Crippen molar-refractivity contribution in [2.75, 3.05) is 5.32 Å². The molecule has 0 radical (unpaired) electrons. The molecule has 10 nitrogen and oxygen atoms in total. The number of halogens is 3. The van der Waals surface area contributed by atoms with Gasteiger partial charge in [-0.05, 0) is 67.9 Å². The molecule has 0 unspecified atom stereocenters. The highest BCUT2D eigenvalue weighted by atomic mass is 19.4. The minimum atomic E-state index is -4.70. The SMILES string of the molecule is Cc1cn(-c2cc(C(=O)NNC(=O)c3ccc(C)c(Nc4nccc(-c5cccnc5)n4)c3)cc(C(F)(F)F)c2)cn1. The van der Waals surface area contributed by atoms with E-state index >= 15 is 0 Å². The number of nitrogens with one attached hydrogen (secondary N) is 3. The van der Waals surface area contributed by atoms with Gasteiger partial charge < -0.3 is 9.88 Å². The predicted molar refractivity (Wildman–Crippen MR) is 148 cm³/mol. The number of pyridine rings is 1. The van der Waals surface area contributed by atoms with E-state index in [1.54, 1.807) is 55.8 Å². The zero-order valence-electron chi connectivity index (χ0n) is 22.3. The molecule has 0 spiro atoms. The molecule has 0 saturated heterocycles. The van der Waals surface area contributed by atoms with E-state index in [1.165, 1.54) is 23.2 Å². The van der Waals surface area contributed by atoms with Gasteiger partial charge in [0.15, 0.2) is 0 Å². The molecule has 0 saturated carbocycles. The number of rotatable bonds is 6. The summed E-state index contributed by atoms with van der Waals surface area (Å²) >= 11 is 0. The Morgan fingerprint density at radius 1 is 0.881 bits per heavy atom. The minimum Gasteiger partial charge on any atom is -0.324 e. The number of hydrogen-bond acceptors (Lipinski definition) is 7. The van der Waals surface area contributed by atoms with E-state index in [9.17, 15) is 22.8 Å². The van der Waals surface area contributed by atoms with Gasteiger partial charge >= 0.3 is 6.18 Å². The zero-order valence-corrected chi connectivity index (χ0v) is 22.3. The highest BCUT2D eigenvalue weighted by molar-refractivity contribution is 6.00. The number of anilines is 2. The zero-order chi connectivity index (χ0) is 29.9. The third-order valence-electron chi connectivity index (χ3n) is 6.17. The number of amides is 2. The van der Waals surface area contributed by atoms with Crippen molar-refractivity contribution in [2.45, 2.75) is 20.0 Å². The standard InChI is InChI=1S/C29H23F3N8O2/c1-17-5-6-19(12-25(17)37-28-34-9-7-24(36-28)20-4-3-8-33-14-20)26(41)38-39-27(42)21-10-22(29(30,31)32)13-23(11-21)40-15-18(2)35-16-40/h3-16H,1-2H3,(H,38,41)(H,39,42)(H,34,36,37). The number of carbonyl (C=O) groups is 2. The van der Waals surface area contributed by atoms with Gasteiger partial charge in [0.2, 0.25) is 5.95 Å². The van der Waals surface area contributed by atoms with Gasteiger partial charge in [0.25, 0.3) is 11.8 Å². The Labute approximate surface area is 237 Å². The number of aryl methyl sites for hydroxylation is 2. The molecule has 13 heteroatoms. The van der Waals surface area contributed by atoms with Crippen LogP contribution in [0.5, 0.6) is 0 Å². The number of nitrogens with zero attached hydrogens (tertiary/aromatic N) is 5. The van der Waals surface area contributed by atoms with Gasteiger partial charge in [-0.2, -0.15) is 13.2 Å². The van der Waals surface area contributed by atoms with E-state index < -0.39 is 23.6 Å². The Balaban J connectivity index is 1.31. The Kier molecular flexibility index (Phi) is 7.65. The second kappa shape index (κ2) is 11.5. The molecule has 42 heavy (non-hydrogen) atoms. The molecule has 0 fully saturated rings. The number of aromatic nitrogens is 5. The number of alkyl halides is 3. The first-order chi connectivity index (χ1) is 20.1. The molecule has 5 aromatic rings. The quantitative estimate of drug-likeness (QED) is 0.239. The first kappa shape index (κ1) is 28.0. The summed E-state index contributed by atoms with van der Waals surface area (Å²) in [5, 5.41) is 3.09. The maximum absolute atomic E-state index is 13.6. The first-order valence-electron chi connectivity index (χ1n) is 12.5. The van der Waals surface area contributed by atoms with Crippen LogP contribution in [0.4, 0.5) is 24.8 Å². The van der Waals surface area contributed by atoms with Gasteiger partial charge in [0, 0.05) is 52.9 Å². The number of imidazole rings is 1. The molecule has 2 amide bonds. The molecule has 0 aliphatic heterocycles. The van der Waals surface area contributed by atoms with Crippen molar-refractivity contribution in [2.24, 2.45) is 0 Å². The first-order valence-corrected chi connectivity index (χ1v) is 12.5. The van der Waals surface area contributed by atoms with Crippen molar-refractivity contribution in [3.63, 3.8) is 0 Å². The summed E-state index contributed by atoms with van der Waals surface area (Å²) in [4.78, 5) is 42.5. The fourth-order valence-corrected chi connectivity index (χ4v) is 3.99. The summed E-state index contributed by atoms with van der Waals surface area (Å²) in [6.07, 6.45) is 3.10. The summed E-state index contributed by atoms with van der Waals surface area (Å²) in [6, 6.07) is 13.1. The van der Waals surface area contributed by atoms with E-state index in [0.717, 1.165) is 17.2 Å². The molecule has 0 atom stereocenters. The third kappa shape index (κ3) is 6.41. The van der Waals surface area contributed by atoms with E-state index in [1.807, 2.05) is 13.0 Å². The maximum Gasteiger partial charge on any atom is 0.416 e. The minimum absolute atomic E-state index is 0.0889. The van der Waals surface area contributed by atoms with Gasteiger partial charge in [-0.3, -0.25) is 25.4 Å². The lowest BCUT2D eigenvalue weighted by Crippen LogP contribution is -2.41. The fraction of sp³-hybridized carbons (Fsp3) is 0.103. The largest absolute Gasteiger partial charge is 0.416 e. The lowest BCUT2D eigenvalue weighted by molar-refractivity contribution is -0.137. The lowest BCUT2D eigenvalue weighted by atomic mass is 10.1. The Bertz CT molecular complexity index is 1770. The van der Waals surface area contributed by atoms with Gasteiger partial charge in [-0.15, -0.1) is 0 Å². The molecule has 2 aromatic carbocycles. The summed E-state index contributed by atoms with van der Waals surface area (Å²) in [7, 11) is 0. The van der Waals surface area contributed by atoms with Crippen LogP contribution in [0.3, 0.4) is 0 Å². The van der Waals surface area contributed by atoms with Crippen molar-refractivity contribution in [3.05, 3.63) is 114 Å². The van der Waals surface area contributed by atoms with Crippen molar-refractivity contribution < 1.29 is 22.8 Å². The third-order valence-corrected chi connectivity index (χ3v) is 6.17. The van der Waals surface area contributed by atoms with Gasteiger partial charge in [0.1, 0.15) is 0 Å². The van der Waals surface area contributed by atoms with Crippen LogP contribution in [0, 0.1) is 13.8 Å². The van der Waals surface area contributed by atoms with Crippen molar-refractivity contribution >= 4 is 23.5 Å². The molecule has 0 bridgehead atoms. The molecular formula is C29H23F3N8O2. The molecule has 3 N–H and O–H groups in total. The van der Waals surface area contributed by atoms with E-state index in [-0.39, 0.29) is 16.8 Å². The van der Waals surface area contributed by atoms with Crippen molar-refractivity contribution in [1.82, 2.24) is 35.4 Å². The van der Waals surface area contributed by atoms with Gasteiger partial charge in [-0.25, -0.2) is 15.0 Å². The van der Waals surface area contributed by atoms with Crippen LogP contribution < -0.4 is 16.2 Å². The van der Waals surface area contributed by atoms with E-state index in [0.29, 0.717) is 29.1 Å². The van der Waals surface area contributed by atoms with Crippen LogP contribution in [0.2, 0.25) is 0 Å². The average molecular weight is 573 g/mol. The van der Waals surface area contributed by atoms with E-state index in [4.69, 9.17) is 0 Å². The molecule has 5 rings (SSSR count). The number of benzene rings is 2. The number of hydrazine groups is 1. The normalized spacial score (nSPS) is 11.2. The summed E-state index contributed by atoms with van der Waals surface area (Å²) < 4.78 is 42.0. The highest BCUT2D eigenvalue weighted by Gasteiger charge is 2.32.